The average Bonchev–Trinajstić information content (AvgIpc) is 2.81. The normalized spacial score (nSPS) is 40.2. The van der Waals surface area contributed by atoms with Crippen molar-refractivity contribution in [3.8, 4) is 0 Å². The lowest BCUT2D eigenvalue weighted by atomic mass is 9.81. The molecule has 106 valence electrons. The average molecular weight is 266 g/mol. The van der Waals surface area contributed by atoms with Crippen molar-refractivity contribution < 1.29 is 18.8 Å². The molecule has 2 unspecified atom stereocenters. The summed E-state index contributed by atoms with van der Waals surface area (Å²) in [6, 6.07) is -0.132. The van der Waals surface area contributed by atoms with E-state index in [1.165, 1.54) is 0 Å². The van der Waals surface area contributed by atoms with Crippen molar-refractivity contribution in [2.75, 3.05) is 6.61 Å². The Hall–Kier alpha value is -0.355. The first-order valence-electron chi connectivity index (χ1n) is 7.16. The third-order valence-electron chi connectivity index (χ3n) is 4.74. The van der Waals surface area contributed by atoms with Gasteiger partial charge in [-0.15, -0.1) is 0 Å². The molecule has 2 atom stereocenters. The second-order valence-electron chi connectivity index (χ2n) is 6.72. The van der Waals surface area contributed by atoms with E-state index < -0.39 is 5.79 Å². The van der Waals surface area contributed by atoms with Gasteiger partial charge < -0.3 is 18.8 Å². The van der Waals surface area contributed by atoms with Crippen molar-refractivity contribution in [3.05, 3.63) is 12.2 Å². The summed E-state index contributed by atoms with van der Waals surface area (Å²) >= 11 is 0. The van der Waals surface area contributed by atoms with Gasteiger partial charge in [0.05, 0.1) is 17.8 Å². The number of rotatable bonds is 1. The van der Waals surface area contributed by atoms with E-state index in [1.807, 2.05) is 0 Å². The van der Waals surface area contributed by atoms with Gasteiger partial charge in [-0.05, 0) is 34.1 Å². The molecular formula is C14H23BO4. The van der Waals surface area contributed by atoms with E-state index in [0.29, 0.717) is 6.61 Å². The molecular weight excluding hydrogens is 243 g/mol. The number of hydrogen-bond donors (Lipinski definition) is 0. The highest BCUT2D eigenvalue weighted by Crippen LogP contribution is 2.42. The zero-order valence-electron chi connectivity index (χ0n) is 12.3. The van der Waals surface area contributed by atoms with Crippen LogP contribution in [-0.2, 0) is 18.8 Å². The standard InChI is InChI=1S/C14H23BO4/c1-12(2)13(3,4)19-15(18-12)11-10-16-14(17-11)8-6-5-7-9-14/h5-6,11H,7-10H2,1-4H3. The molecule has 5 heteroatoms. The van der Waals surface area contributed by atoms with Crippen molar-refractivity contribution in [1.29, 1.82) is 0 Å². The Kier molecular flexibility index (Phi) is 3.10. The lowest BCUT2D eigenvalue weighted by Gasteiger charge is -2.32. The third kappa shape index (κ3) is 2.27. The molecule has 0 amide bonds. The minimum atomic E-state index is -0.441. The molecule has 0 N–H and O–H groups in total. The first kappa shape index (κ1) is 13.6. The quantitative estimate of drug-likeness (QED) is 0.539. The van der Waals surface area contributed by atoms with Gasteiger partial charge in [-0.25, -0.2) is 0 Å². The SMILES string of the molecule is CC1(C)OB(C2COC3(CC=CCC3)O2)OC1(C)C. The van der Waals surface area contributed by atoms with Crippen LogP contribution in [0.2, 0.25) is 0 Å². The molecule has 0 radical (unpaired) electrons. The summed E-state index contributed by atoms with van der Waals surface area (Å²) in [5.74, 6) is -0.441. The molecule has 19 heavy (non-hydrogen) atoms. The molecule has 1 aliphatic carbocycles. The molecule has 0 aromatic carbocycles. The van der Waals surface area contributed by atoms with Gasteiger partial charge in [0, 0.05) is 12.8 Å². The van der Waals surface area contributed by atoms with E-state index in [9.17, 15) is 0 Å². The summed E-state index contributed by atoms with van der Waals surface area (Å²) in [5, 5.41) is 0. The minimum Gasteiger partial charge on any atom is -0.401 e. The minimum absolute atomic E-state index is 0.132. The Bertz CT molecular complexity index is 377. The van der Waals surface area contributed by atoms with E-state index in [-0.39, 0.29) is 24.3 Å². The van der Waals surface area contributed by atoms with E-state index in [0.717, 1.165) is 19.3 Å². The lowest BCUT2D eigenvalue weighted by Crippen LogP contribution is -2.41. The fraction of sp³-hybridized carbons (Fsp3) is 0.857. The molecule has 0 bridgehead atoms. The van der Waals surface area contributed by atoms with Gasteiger partial charge in [0.2, 0.25) is 0 Å². The number of hydrogen-bond acceptors (Lipinski definition) is 4. The molecule has 3 rings (SSSR count). The summed E-state index contributed by atoms with van der Waals surface area (Å²) in [6.07, 6.45) is 7.06. The monoisotopic (exact) mass is 266 g/mol. The van der Waals surface area contributed by atoms with Crippen molar-refractivity contribution in [3.63, 3.8) is 0 Å². The van der Waals surface area contributed by atoms with Crippen LogP contribution in [0.4, 0.5) is 0 Å². The van der Waals surface area contributed by atoms with Gasteiger partial charge in [0.25, 0.3) is 0 Å². The van der Waals surface area contributed by atoms with Gasteiger partial charge in [0.15, 0.2) is 5.79 Å². The molecule has 1 spiro atoms. The van der Waals surface area contributed by atoms with Gasteiger partial charge in [0.1, 0.15) is 6.00 Å². The zero-order chi connectivity index (χ0) is 13.7. The highest BCUT2D eigenvalue weighted by atomic mass is 16.8. The van der Waals surface area contributed by atoms with E-state index in [1.54, 1.807) is 0 Å². The van der Waals surface area contributed by atoms with Crippen LogP contribution in [-0.4, -0.2) is 36.7 Å². The lowest BCUT2D eigenvalue weighted by molar-refractivity contribution is -0.166. The van der Waals surface area contributed by atoms with Crippen LogP contribution in [0.5, 0.6) is 0 Å². The highest BCUT2D eigenvalue weighted by Gasteiger charge is 2.57. The predicted octanol–water partition coefficient (Wildman–Crippen LogP) is 2.47. The fourth-order valence-electron chi connectivity index (χ4n) is 2.78. The molecule has 4 nitrogen and oxygen atoms in total. The van der Waals surface area contributed by atoms with Crippen LogP contribution in [0.25, 0.3) is 0 Å². The molecule has 0 saturated carbocycles. The largest absolute Gasteiger partial charge is 0.491 e. The van der Waals surface area contributed by atoms with Crippen molar-refractivity contribution >= 4 is 7.12 Å². The second kappa shape index (κ2) is 4.32. The molecule has 2 aliphatic heterocycles. The smallest absolute Gasteiger partial charge is 0.401 e. The molecule has 2 saturated heterocycles. The summed E-state index contributed by atoms with van der Waals surface area (Å²) in [4.78, 5) is 0. The van der Waals surface area contributed by atoms with Gasteiger partial charge in [-0.1, -0.05) is 12.2 Å². The van der Waals surface area contributed by atoms with E-state index in [2.05, 4.69) is 39.8 Å². The topological polar surface area (TPSA) is 36.9 Å². The zero-order valence-corrected chi connectivity index (χ0v) is 12.3. The maximum atomic E-state index is 6.14. The van der Waals surface area contributed by atoms with Crippen LogP contribution >= 0.6 is 0 Å². The van der Waals surface area contributed by atoms with Crippen LogP contribution in [0.3, 0.4) is 0 Å². The van der Waals surface area contributed by atoms with Gasteiger partial charge in [-0.3, -0.25) is 0 Å². The maximum Gasteiger partial charge on any atom is 0.491 e. The van der Waals surface area contributed by atoms with Crippen molar-refractivity contribution in [2.24, 2.45) is 0 Å². The Balaban J connectivity index is 1.68. The van der Waals surface area contributed by atoms with E-state index in [4.69, 9.17) is 18.8 Å². The molecule has 2 heterocycles. The highest BCUT2D eigenvalue weighted by molar-refractivity contribution is 6.47. The number of ether oxygens (including phenoxy) is 2. The van der Waals surface area contributed by atoms with Gasteiger partial charge in [-0.2, -0.15) is 0 Å². The molecule has 0 aromatic heterocycles. The summed E-state index contributed by atoms with van der Waals surface area (Å²) in [7, 11) is -0.338. The van der Waals surface area contributed by atoms with Crippen LogP contribution in [0, 0.1) is 0 Å². The van der Waals surface area contributed by atoms with Gasteiger partial charge >= 0.3 is 7.12 Å². The molecule has 2 fully saturated rings. The Morgan fingerprint density at radius 2 is 1.74 bits per heavy atom. The first-order chi connectivity index (χ1) is 8.84. The Morgan fingerprint density at radius 1 is 1.05 bits per heavy atom. The Labute approximate surface area is 115 Å². The van der Waals surface area contributed by atoms with Crippen molar-refractivity contribution in [1.82, 2.24) is 0 Å². The molecule has 3 aliphatic rings. The van der Waals surface area contributed by atoms with Crippen LogP contribution < -0.4 is 0 Å². The summed E-state index contributed by atoms with van der Waals surface area (Å²) in [5.41, 5.74) is -0.632. The summed E-state index contributed by atoms with van der Waals surface area (Å²) in [6.45, 7) is 8.78. The first-order valence-corrected chi connectivity index (χ1v) is 7.16. The third-order valence-corrected chi connectivity index (χ3v) is 4.74. The maximum absolute atomic E-state index is 6.14. The van der Waals surface area contributed by atoms with Crippen LogP contribution in [0.15, 0.2) is 12.2 Å². The Morgan fingerprint density at radius 3 is 2.32 bits per heavy atom. The fourth-order valence-corrected chi connectivity index (χ4v) is 2.78. The number of allylic oxidation sites excluding steroid dienone is 1. The van der Waals surface area contributed by atoms with Crippen LogP contribution in [0.1, 0.15) is 47.0 Å². The molecule has 0 aromatic rings. The predicted molar refractivity (Wildman–Crippen MR) is 72.6 cm³/mol. The summed E-state index contributed by atoms with van der Waals surface area (Å²) < 4.78 is 24.1. The van der Waals surface area contributed by atoms with Crippen molar-refractivity contribution in [2.45, 2.75) is 69.9 Å². The second-order valence-corrected chi connectivity index (χ2v) is 6.72. The van der Waals surface area contributed by atoms with E-state index >= 15 is 0 Å².